The van der Waals surface area contributed by atoms with Gasteiger partial charge in [-0.1, -0.05) is 23.7 Å². The summed E-state index contributed by atoms with van der Waals surface area (Å²) in [5.74, 6) is 0.139. The van der Waals surface area contributed by atoms with Crippen molar-refractivity contribution in [1.29, 1.82) is 0 Å². The summed E-state index contributed by atoms with van der Waals surface area (Å²) >= 11 is 6.17. The van der Waals surface area contributed by atoms with Crippen molar-refractivity contribution in [3.63, 3.8) is 0 Å². The summed E-state index contributed by atoms with van der Waals surface area (Å²) in [7, 11) is 0. The molecule has 0 amide bonds. The quantitative estimate of drug-likeness (QED) is 0.803. The van der Waals surface area contributed by atoms with Crippen LogP contribution in [0.3, 0.4) is 0 Å². The Balaban J connectivity index is 2.13. The summed E-state index contributed by atoms with van der Waals surface area (Å²) in [4.78, 5) is 11.8. The first-order chi connectivity index (χ1) is 8.66. The molecule has 18 heavy (non-hydrogen) atoms. The van der Waals surface area contributed by atoms with E-state index < -0.39 is 0 Å². The summed E-state index contributed by atoms with van der Waals surface area (Å²) in [6.45, 7) is 0.779. The molecule has 0 saturated carbocycles. The number of hydrogen-bond acceptors (Lipinski definition) is 3. The number of ketones is 1. The maximum atomic E-state index is 11.8. The van der Waals surface area contributed by atoms with Crippen LogP contribution in [0.1, 0.15) is 23.3 Å². The molecule has 0 saturated heterocycles. The van der Waals surface area contributed by atoms with E-state index in [-0.39, 0.29) is 5.78 Å². The van der Waals surface area contributed by atoms with Crippen LogP contribution in [0.2, 0.25) is 5.02 Å². The maximum absolute atomic E-state index is 11.8. The third-order valence-electron chi connectivity index (χ3n) is 3.14. The zero-order valence-corrected chi connectivity index (χ0v) is 10.4. The van der Waals surface area contributed by atoms with Gasteiger partial charge in [0.2, 0.25) is 0 Å². The normalized spacial score (nSPS) is 14.6. The van der Waals surface area contributed by atoms with Gasteiger partial charge in [0.05, 0.1) is 16.4 Å². The van der Waals surface area contributed by atoms with Gasteiger partial charge < -0.3 is 5.73 Å². The Bertz CT molecular complexity index is 633. The summed E-state index contributed by atoms with van der Waals surface area (Å²) < 4.78 is 1.75. The van der Waals surface area contributed by atoms with Gasteiger partial charge in [-0.15, -0.1) is 0 Å². The van der Waals surface area contributed by atoms with E-state index in [9.17, 15) is 4.79 Å². The van der Waals surface area contributed by atoms with Crippen LogP contribution in [0.25, 0.3) is 11.3 Å². The number of carbonyl (C=O) groups excluding carboxylic acids is 1. The average molecular weight is 262 g/mol. The van der Waals surface area contributed by atoms with Gasteiger partial charge in [-0.3, -0.25) is 9.48 Å². The van der Waals surface area contributed by atoms with Gasteiger partial charge in [-0.2, -0.15) is 5.10 Å². The zero-order chi connectivity index (χ0) is 12.7. The minimum atomic E-state index is 0.139. The summed E-state index contributed by atoms with van der Waals surface area (Å²) in [6, 6.07) is 7.23. The van der Waals surface area contributed by atoms with E-state index in [1.165, 1.54) is 0 Å². The van der Waals surface area contributed by atoms with Crippen molar-refractivity contribution in [2.75, 3.05) is 5.73 Å². The number of aromatic nitrogens is 2. The van der Waals surface area contributed by atoms with Crippen LogP contribution in [-0.2, 0) is 6.54 Å². The molecule has 1 aromatic carbocycles. The number of rotatable bonds is 1. The molecule has 0 spiro atoms. The molecule has 3 rings (SSSR count). The number of benzene rings is 1. The minimum absolute atomic E-state index is 0.139. The highest BCUT2D eigenvalue weighted by atomic mass is 35.5. The van der Waals surface area contributed by atoms with Crippen molar-refractivity contribution in [2.45, 2.75) is 19.4 Å². The molecule has 0 unspecified atom stereocenters. The molecular formula is C13H12ClN3O. The number of Topliss-reactive ketones (excluding diaryl/α,β-unsaturated/α-hetero) is 1. The number of hydrogen-bond donors (Lipinski definition) is 1. The lowest BCUT2D eigenvalue weighted by molar-refractivity contribution is 0.0951. The molecule has 0 bridgehead atoms. The Kier molecular flexibility index (Phi) is 2.59. The zero-order valence-electron chi connectivity index (χ0n) is 9.69. The van der Waals surface area contributed by atoms with Crippen molar-refractivity contribution < 1.29 is 4.79 Å². The molecule has 2 heterocycles. The standard InChI is InChI=1S/C13H12ClN3O/c14-13-8(3-1-4-9(13)15)10-7-11-12(18)5-2-6-17(11)16-10/h1,3-4,7H,2,5-6,15H2. The molecule has 0 aliphatic carbocycles. The smallest absolute Gasteiger partial charge is 0.180 e. The number of carbonyl (C=O) groups is 1. The Labute approximate surface area is 109 Å². The molecule has 0 atom stereocenters. The number of fused-ring (bicyclic) bond motifs is 1. The van der Waals surface area contributed by atoms with Crippen molar-refractivity contribution in [1.82, 2.24) is 9.78 Å². The fourth-order valence-electron chi connectivity index (χ4n) is 2.21. The number of nitrogens with zero attached hydrogens (tertiary/aromatic N) is 2. The number of aryl methyl sites for hydroxylation is 1. The molecule has 0 radical (unpaired) electrons. The van der Waals surface area contributed by atoms with Crippen LogP contribution < -0.4 is 5.73 Å². The molecule has 2 N–H and O–H groups in total. The van der Waals surface area contributed by atoms with Crippen molar-refractivity contribution in [3.05, 3.63) is 35.0 Å². The van der Waals surface area contributed by atoms with Crippen LogP contribution in [0.15, 0.2) is 24.3 Å². The van der Waals surface area contributed by atoms with Gasteiger partial charge in [0.25, 0.3) is 0 Å². The van der Waals surface area contributed by atoms with E-state index in [1.807, 2.05) is 12.1 Å². The lowest BCUT2D eigenvalue weighted by Gasteiger charge is -2.10. The first kappa shape index (κ1) is 11.3. The van der Waals surface area contributed by atoms with Gasteiger partial charge in [0.15, 0.2) is 5.78 Å². The average Bonchev–Trinajstić information content (AvgIpc) is 2.78. The van der Waals surface area contributed by atoms with E-state index in [0.717, 1.165) is 18.5 Å². The van der Waals surface area contributed by atoms with Crippen LogP contribution in [0.5, 0.6) is 0 Å². The highest BCUT2D eigenvalue weighted by Crippen LogP contribution is 2.32. The minimum Gasteiger partial charge on any atom is -0.398 e. The van der Waals surface area contributed by atoms with Crippen molar-refractivity contribution in [2.24, 2.45) is 0 Å². The molecule has 1 aliphatic rings. The molecule has 1 aliphatic heterocycles. The summed E-state index contributed by atoms with van der Waals surface area (Å²) in [6.07, 6.45) is 1.44. The van der Waals surface area contributed by atoms with E-state index in [0.29, 0.717) is 28.5 Å². The molecule has 4 nitrogen and oxygen atoms in total. The van der Waals surface area contributed by atoms with Gasteiger partial charge in [-0.25, -0.2) is 0 Å². The van der Waals surface area contributed by atoms with Gasteiger partial charge in [0.1, 0.15) is 5.69 Å². The fraction of sp³-hybridized carbons (Fsp3) is 0.231. The van der Waals surface area contributed by atoms with E-state index >= 15 is 0 Å². The van der Waals surface area contributed by atoms with Crippen molar-refractivity contribution >= 4 is 23.1 Å². The number of nitrogen functional groups attached to an aromatic ring is 1. The second-order valence-electron chi connectivity index (χ2n) is 4.37. The highest BCUT2D eigenvalue weighted by molar-refractivity contribution is 6.35. The van der Waals surface area contributed by atoms with Crippen LogP contribution in [0.4, 0.5) is 5.69 Å². The number of anilines is 1. The Morgan fingerprint density at radius 1 is 1.39 bits per heavy atom. The summed E-state index contributed by atoms with van der Waals surface area (Å²) in [5.41, 5.74) is 8.43. The molecule has 0 fully saturated rings. The van der Waals surface area contributed by atoms with Crippen molar-refractivity contribution in [3.8, 4) is 11.3 Å². The van der Waals surface area contributed by atoms with Crippen LogP contribution in [-0.4, -0.2) is 15.6 Å². The predicted molar refractivity (Wildman–Crippen MR) is 70.6 cm³/mol. The van der Waals surface area contributed by atoms with E-state index in [1.54, 1.807) is 16.8 Å². The molecule has 1 aromatic heterocycles. The largest absolute Gasteiger partial charge is 0.398 e. The predicted octanol–water partition coefficient (Wildman–Crippen LogP) is 2.76. The number of nitrogens with two attached hydrogens (primary N) is 1. The molecule has 5 heteroatoms. The maximum Gasteiger partial charge on any atom is 0.180 e. The first-order valence-corrected chi connectivity index (χ1v) is 6.20. The fourth-order valence-corrected chi connectivity index (χ4v) is 2.43. The second kappa shape index (κ2) is 4.14. The van der Waals surface area contributed by atoms with E-state index in [4.69, 9.17) is 17.3 Å². The topological polar surface area (TPSA) is 60.9 Å². The third-order valence-corrected chi connectivity index (χ3v) is 3.57. The number of halogens is 1. The monoisotopic (exact) mass is 261 g/mol. The molecule has 92 valence electrons. The van der Waals surface area contributed by atoms with E-state index in [2.05, 4.69) is 5.10 Å². The Morgan fingerprint density at radius 3 is 3.00 bits per heavy atom. The Morgan fingerprint density at radius 2 is 2.22 bits per heavy atom. The first-order valence-electron chi connectivity index (χ1n) is 5.82. The van der Waals surface area contributed by atoms with Gasteiger partial charge in [0, 0.05) is 18.5 Å². The third kappa shape index (κ3) is 1.69. The van der Waals surface area contributed by atoms with Crippen LogP contribution >= 0.6 is 11.6 Å². The lowest BCUT2D eigenvalue weighted by atomic mass is 10.1. The van der Waals surface area contributed by atoms with Crippen LogP contribution in [0, 0.1) is 0 Å². The van der Waals surface area contributed by atoms with Gasteiger partial charge in [-0.05, 0) is 18.6 Å². The SMILES string of the molecule is Nc1cccc(-c2cc3n(n2)CCCC3=O)c1Cl. The highest BCUT2D eigenvalue weighted by Gasteiger charge is 2.21. The molecule has 2 aromatic rings. The second-order valence-corrected chi connectivity index (χ2v) is 4.75. The summed E-state index contributed by atoms with van der Waals surface area (Å²) in [5, 5.41) is 4.92. The lowest BCUT2D eigenvalue weighted by Crippen LogP contribution is -2.16. The Hall–Kier alpha value is -1.81. The van der Waals surface area contributed by atoms with Gasteiger partial charge >= 0.3 is 0 Å². The molecular weight excluding hydrogens is 250 g/mol.